The fourth-order valence-electron chi connectivity index (χ4n) is 0.326. The van der Waals surface area contributed by atoms with E-state index in [1.54, 1.807) is 13.8 Å². The Bertz CT molecular complexity index is 91.1. The summed E-state index contributed by atoms with van der Waals surface area (Å²) in [6.45, 7) is 3.87. The van der Waals surface area contributed by atoms with E-state index in [9.17, 15) is 4.79 Å². The molecule has 54 valence electrons. The predicted molar refractivity (Wildman–Crippen MR) is 34.9 cm³/mol. The standard InChI is InChI=1S/C6H13NO2/c1-3-6(8)9-4-5(2)7/h5H,3-4,7H2,1-2H3/t5-/m0/s1. The van der Waals surface area contributed by atoms with Gasteiger partial charge in [-0.25, -0.2) is 0 Å². The van der Waals surface area contributed by atoms with E-state index in [0.29, 0.717) is 13.0 Å². The average Bonchev–Trinajstić information content (AvgIpc) is 1.83. The second-order valence-electron chi connectivity index (χ2n) is 2.01. The average molecular weight is 131 g/mol. The number of hydrogen-bond acceptors (Lipinski definition) is 3. The van der Waals surface area contributed by atoms with Crippen molar-refractivity contribution in [2.45, 2.75) is 26.3 Å². The molecule has 2 N–H and O–H groups in total. The summed E-state index contributed by atoms with van der Waals surface area (Å²) < 4.78 is 4.69. The first kappa shape index (κ1) is 8.43. The van der Waals surface area contributed by atoms with Crippen molar-refractivity contribution in [2.75, 3.05) is 6.61 Å². The van der Waals surface area contributed by atoms with Gasteiger partial charge in [0.1, 0.15) is 6.61 Å². The van der Waals surface area contributed by atoms with Crippen LogP contribution in [0.3, 0.4) is 0 Å². The highest BCUT2D eigenvalue weighted by Crippen LogP contribution is 1.85. The van der Waals surface area contributed by atoms with Gasteiger partial charge >= 0.3 is 5.97 Å². The van der Waals surface area contributed by atoms with Crippen LogP contribution in [0.15, 0.2) is 0 Å². The lowest BCUT2D eigenvalue weighted by atomic mass is 10.4. The molecule has 0 saturated heterocycles. The highest BCUT2D eigenvalue weighted by Gasteiger charge is 1.98. The van der Waals surface area contributed by atoms with Gasteiger partial charge in [-0.05, 0) is 6.92 Å². The maximum atomic E-state index is 10.4. The summed E-state index contributed by atoms with van der Waals surface area (Å²) >= 11 is 0. The Hall–Kier alpha value is -0.570. The van der Waals surface area contributed by atoms with Gasteiger partial charge in [-0.15, -0.1) is 0 Å². The topological polar surface area (TPSA) is 52.3 Å². The highest BCUT2D eigenvalue weighted by molar-refractivity contribution is 5.68. The van der Waals surface area contributed by atoms with Crippen molar-refractivity contribution in [1.29, 1.82) is 0 Å². The second kappa shape index (κ2) is 4.32. The SMILES string of the molecule is CCC(=O)OC[C@H](C)N. The van der Waals surface area contributed by atoms with E-state index in [4.69, 9.17) is 5.73 Å². The molecule has 0 spiro atoms. The lowest BCUT2D eigenvalue weighted by Crippen LogP contribution is -2.23. The molecule has 0 radical (unpaired) electrons. The molecule has 0 rings (SSSR count). The van der Waals surface area contributed by atoms with Crippen LogP contribution in [0.1, 0.15) is 20.3 Å². The molecule has 3 nitrogen and oxygen atoms in total. The van der Waals surface area contributed by atoms with Crippen LogP contribution in [0.4, 0.5) is 0 Å². The highest BCUT2D eigenvalue weighted by atomic mass is 16.5. The van der Waals surface area contributed by atoms with E-state index in [0.717, 1.165) is 0 Å². The van der Waals surface area contributed by atoms with Crippen LogP contribution in [0.2, 0.25) is 0 Å². The number of rotatable bonds is 3. The van der Waals surface area contributed by atoms with Gasteiger partial charge in [-0.2, -0.15) is 0 Å². The smallest absolute Gasteiger partial charge is 0.305 e. The third-order valence-corrected chi connectivity index (χ3v) is 0.796. The normalized spacial score (nSPS) is 12.8. The number of carbonyl (C=O) groups excluding carboxylic acids is 1. The molecule has 0 aliphatic rings. The number of nitrogens with two attached hydrogens (primary N) is 1. The molecule has 0 bridgehead atoms. The molecule has 3 heteroatoms. The van der Waals surface area contributed by atoms with Crippen LogP contribution >= 0.6 is 0 Å². The lowest BCUT2D eigenvalue weighted by Gasteiger charge is -2.04. The first-order chi connectivity index (χ1) is 4.16. The first-order valence-electron chi connectivity index (χ1n) is 3.08. The van der Waals surface area contributed by atoms with Crippen molar-refractivity contribution >= 4 is 5.97 Å². The van der Waals surface area contributed by atoms with Crippen molar-refractivity contribution in [3.05, 3.63) is 0 Å². The quantitative estimate of drug-likeness (QED) is 0.560. The molecule has 0 amide bonds. The third kappa shape index (κ3) is 5.30. The summed E-state index contributed by atoms with van der Waals surface area (Å²) in [7, 11) is 0. The molecule has 9 heavy (non-hydrogen) atoms. The van der Waals surface area contributed by atoms with Gasteiger partial charge in [-0.1, -0.05) is 6.92 Å². The van der Waals surface area contributed by atoms with Crippen LogP contribution in [-0.2, 0) is 9.53 Å². The molecule has 0 aromatic rings. The van der Waals surface area contributed by atoms with Gasteiger partial charge in [0.25, 0.3) is 0 Å². The van der Waals surface area contributed by atoms with Gasteiger partial charge < -0.3 is 10.5 Å². The minimum absolute atomic E-state index is 0.0551. The Balaban J connectivity index is 3.17. The van der Waals surface area contributed by atoms with E-state index in [1.807, 2.05) is 0 Å². The molecule has 0 aliphatic heterocycles. The zero-order valence-corrected chi connectivity index (χ0v) is 5.89. The Morgan fingerprint density at radius 3 is 2.67 bits per heavy atom. The first-order valence-corrected chi connectivity index (χ1v) is 3.08. The summed E-state index contributed by atoms with van der Waals surface area (Å²) in [5.74, 6) is -0.188. The number of carbonyl (C=O) groups is 1. The Morgan fingerprint density at radius 1 is 1.78 bits per heavy atom. The summed E-state index contributed by atoms with van der Waals surface area (Å²) in [4.78, 5) is 10.4. The van der Waals surface area contributed by atoms with Crippen molar-refractivity contribution in [3.8, 4) is 0 Å². The summed E-state index contributed by atoms with van der Waals surface area (Å²) in [6, 6.07) is -0.0551. The zero-order chi connectivity index (χ0) is 7.28. The van der Waals surface area contributed by atoms with Gasteiger partial charge in [0.15, 0.2) is 0 Å². The zero-order valence-electron chi connectivity index (χ0n) is 5.89. The molecule has 0 heterocycles. The Morgan fingerprint density at radius 2 is 2.33 bits per heavy atom. The van der Waals surface area contributed by atoms with E-state index in [2.05, 4.69) is 4.74 Å². The molecule has 0 fully saturated rings. The molecule has 0 unspecified atom stereocenters. The van der Waals surface area contributed by atoms with Crippen LogP contribution in [0.5, 0.6) is 0 Å². The molecule has 0 saturated carbocycles. The number of hydrogen-bond donors (Lipinski definition) is 1. The van der Waals surface area contributed by atoms with Gasteiger partial charge in [-0.3, -0.25) is 4.79 Å². The van der Waals surface area contributed by atoms with Crippen LogP contribution in [0, 0.1) is 0 Å². The van der Waals surface area contributed by atoms with E-state index in [-0.39, 0.29) is 12.0 Å². The summed E-state index contributed by atoms with van der Waals surface area (Å²) in [5.41, 5.74) is 5.32. The molecular formula is C6H13NO2. The van der Waals surface area contributed by atoms with Crippen LogP contribution < -0.4 is 5.73 Å². The van der Waals surface area contributed by atoms with Gasteiger partial charge in [0, 0.05) is 12.5 Å². The maximum Gasteiger partial charge on any atom is 0.305 e. The third-order valence-electron chi connectivity index (χ3n) is 0.796. The molecule has 0 aliphatic carbocycles. The fourth-order valence-corrected chi connectivity index (χ4v) is 0.326. The van der Waals surface area contributed by atoms with Crippen molar-refractivity contribution in [1.82, 2.24) is 0 Å². The number of esters is 1. The summed E-state index contributed by atoms with van der Waals surface area (Å²) in [6.07, 6.45) is 0.423. The van der Waals surface area contributed by atoms with Crippen molar-refractivity contribution < 1.29 is 9.53 Å². The fraction of sp³-hybridized carbons (Fsp3) is 0.833. The monoisotopic (exact) mass is 131 g/mol. The predicted octanol–water partition coefficient (Wildman–Crippen LogP) is 0.287. The summed E-state index contributed by atoms with van der Waals surface area (Å²) in [5, 5.41) is 0. The van der Waals surface area contributed by atoms with E-state index in [1.165, 1.54) is 0 Å². The van der Waals surface area contributed by atoms with Crippen molar-refractivity contribution in [3.63, 3.8) is 0 Å². The van der Waals surface area contributed by atoms with Gasteiger partial charge in [0.2, 0.25) is 0 Å². The van der Waals surface area contributed by atoms with Crippen LogP contribution in [0.25, 0.3) is 0 Å². The molecule has 0 aromatic heterocycles. The minimum atomic E-state index is -0.188. The van der Waals surface area contributed by atoms with E-state index < -0.39 is 0 Å². The number of ether oxygens (including phenoxy) is 1. The molecular weight excluding hydrogens is 118 g/mol. The lowest BCUT2D eigenvalue weighted by molar-refractivity contribution is -0.143. The van der Waals surface area contributed by atoms with E-state index >= 15 is 0 Å². The Labute approximate surface area is 55.2 Å². The van der Waals surface area contributed by atoms with Gasteiger partial charge in [0.05, 0.1) is 0 Å². The minimum Gasteiger partial charge on any atom is -0.464 e. The molecule has 1 atom stereocenters. The van der Waals surface area contributed by atoms with Crippen molar-refractivity contribution in [2.24, 2.45) is 5.73 Å². The largest absolute Gasteiger partial charge is 0.464 e. The second-order valence-corrected chi connectivity index (χ2v) is 2.01. The van der Waals surface area contributed by atoms with Crippen LogP contribution in [-0.4, -0.2) is 18.6 Å². The molecule has 0 aromatic carbocycles. The Kier molecular flexibility index (Phi) is 4.05. The maximum absolute atomic E-state index is 10.4.